The fraction of sp³-hybridized carbons (Fsp3) is 0.250. The van der Waals surface area contributed by atoms with Crippen molar-refractivity contribution >= 4 is 0 Å². The summed E-state index contributed by atoms with van der Waals surface area (Å²) in [6.07, 6.45) is 3.53. The molecule has 1 aromatic rings. The summed E-state index contributed by atoms with van der Waals surface area (Å²) in [5.74, 6) is 0.968. The average Bonchev–Trinajstić information content (AvgIpc) is 1.86. The molecule has 0 saturated carbocycles. The molecule has 0 bridgehead atoms. The molecular formula is C4H9Cl2N3Pt. The van der Waals surface area contributed by atoms with Gasteiger partial charge in [0.05, 0.1) is 0 Å². The smallest absolute Gasteiger partial charge is 1.00 e. The monoisotopic (exact) mass is 364 g/mol. The van der Waals surface area contributed by atoms with Gasteiger partial charge >= 0.3 is 21.1 Å². The van der Waals surface area contributed by atoms with Gasteiger partial charge in [0.1, 0.15) is 5.82 Å². The number of H-pyrrole nitrogens is 1. The molecule has 1 heterocycles. The molecule has 0 spiro atoms. The first-order chi connectivity index (χ1) is 2.89. The maximum absolute atomic E-state index is 3.86. The number of imidazole rings is 1. The molecule has 0 amide bonds. The summed E-state index contributed by atoms with van der Waals surface area (Å²) in [5.41, 5.74) is 0. The summed E-state index contributed by atoms with van der Waals surface area (Å²) in [6, 6.07) is 0. The van der Waals surface area contributed by atoms with E-state index in [1.807, 2.05) is 6.92 Å². The fourth-order valence-corrected chi connectivity index (χ4v) is 0.344. The SMILES string of the molecule is Cc1ncc[nH]1.N.[Cl-].[Cl-].[Pt+2]. The molecule has 64 valence electrons. The molecule has 4 N–H and O–H groups in total. The predicted octanol–water partition coefficient (Wildman–Crippen LogP) is -5.11. The van der Waals surface area contributed by atoms with Crippen molar-refractivity contribution in [3.8, 4) is 0 Å². The Balaban J connectivity index is -0.0000000450. The van der Waals surface area contributed by atoms with E-state index in [1.165, 1.54) is 0 Å². The number of nitrogens with one attached hydrogen (secondary N) is 1. The molecule has 10 heavy (non-hydrogen) atoms. The van der Waals surface area contributed by atoms with Gasteiger partial charge in [0, 0.05) is 12.4 Å². The van der Waals surface area contributed by atoms with Gasteiger partial charge in [-0.25, -0.2) is 4.98 Å². The summed E-state index contributed by atoms with van der Waals surface area (Å²) >= 11 is 0. The number of aromatic amines is 1. The number of aryl methyl sites for hydroxylation is 1. The van der Waals surface area contributed by atoms with Crippen molar-refractivity contribution in [3.63, 3.8) is 0 Å². The van der Waals surface area contributed by atoms with Crippen molar-refractivity contribution < 1.29 is 45.9 Å². The minimum absolute atomic E-state index is 0. The second-order valence-corrected chi connectivity index (χ2v) is 1.17. The molecule has 0 aromatic carbocycles. The molecule has 0 unspecified atom stereocenters. The molecular weight excluding hydrogens is 356 g/mol. The molecule has 6 heteroatoms. The van der Waals surface area contributed by atoms with E-state index in [2.05, 4.69) is 9.97 Å². The van der Waals surface area contributed by atoms with Crippen LogP contribution in [-0.2, 0) is 21.1 Å². The van der Waals surface area contributed by atoms with Gasteiger partial charge < -0.3 is 35.9 Å². The van der Waals surface area contributed by atoms with Crippen LogP contribution in [0.3, 0.4) is 0 Å². The van der Waals surface area contributed by atoms with Gasteiger partial charge in [0.15, 0.2) is 0 Å². The average molecular weight is 365 g/mol. The maximum atomic E-state index is 3.86. The minimum Gasteiger partial charge on any atom is -1.00 e. The zero-order valence-electron chi connectivity index (χ0n) is 5.38. The van der Waals surface area contributed by atoms with Crippen molar-refractivity contribution in [1.82, 2.24) is 16.1 Å². The van der Waals surface area contributed by atoms with Gasteiger partial charge in [0.25, 0.3) is 0 Å². The number of hydrogen-bond donors (Lipinski definition) is 2. The van der Waals surface area contributed by atoms with Crippen LogP contribution < -0.4 is 31.0 Å². The number of hydrogen-bond acceptors (Lipinski definition) is 2. The van der Waals surface area contributed by atoms with Crippen molar-refractivity contribution in [2.45, 2.75) is 6.92 Å². The van der Waals surface area contributed by atoms with E-state index < -0.39 is 0 Å². The maximum Gasteiger partial charge on any atom is 2.00 e. The van der Waals surface area contributed by atoms with E-state index in [9.17, 15) is 0 Å². The topological polar surface area (TPSA) is 63.7 Å². The molecule has 0 aliphatic rings. The number of aromatic nitrogens is 2. The Morgan fingerprint density at radius 1 is 1.40 bits per heavy atom. The zero-order valence-corrected chi connectivity index (χ0v) is 9.17. The Morgan fingerprint density at radius 3 is 2.00 bits per heavy atom. The van der Waals surface area contributed by atoms with E-state index in [0.29, 0.717) is 0 Å². The number of rotatable bonds is 0. The van der Waals surface area contributed by atoms with Gasteiger partial charge in [-0.3, -0.25) is 0 Å². The molecule has 1 aromatic heterocycles. The van der Waals surface area contributed by atoms with Gasteiger partial charge in [0.2, 0.25) is 0 Å². The van der Waals surface area contributed by atoms with Crippen LogP contribution in [0, 0.1) is 6.92 Å². The van der Waals surface area contributed by atoms with Crippen molar-refractivity contribution in [2.75, 3.05) is 0 Å². The van der Waals surface area contributed by atoms with Crippen LogP contribution in [0.2, 0.25) is 0 Å². The Hall–Kier alpha value is 0.438. The van der Waals surface area contributed by atoms with Crippen LogP contribution in [-0.4, -0.2) is 9.97 Å². The molecule has 0 saturated heterocycles. The van der Waals surface area contributed by atoms with E-state index in [4.69, 9.17) is 0 Å². The van der Waals surface area contributed by atoms with E-state index in [1.54, 1.807) is 12.4 Å². The Labute approximate surface area is 87.1 Å². The Bertz CT molecular complexity index is 122. The molecule has 0 radical (unpaired) electrons. The fourth-order valence-electron chi connectivity index (χ4n) is 0.344. The van der Waals surface area contributed by atoms with Gasteiger partial charge in [-0.15, -0.1) is 0 Å². The molecule has 0 aliphatic carbocycles. The van der Waals surface area contributed by atoms with Gasteiger partial charge in [-0.1, -0.05) is 0 Å². The zero-order chi connectivity index (χ0) is 4.41. The molecule has 1 rings (SSSR count). The molecule has 0 aliphatic heterocycles. The summed E-state index contributed by atoms with van der Waals surface area (Å²) in [6.45, 7) is 1.92. The van der Waals surface area contributed by atoms with Crippen LogP contribution >= 0.6 is 0 Å². The second-order valence-electron chi connectivity index (χ2n) is 1.17. The number of halogens is 2. The summed E-state index contributed by atoms with van der Waals surface area (Å²) < 4.78 is 0. The van der Waals surface area contributed by atoms with Crippen molar-refractivity contribution in [2.24, 2.45) is 0 Å². The quantitative estimate of drug-likeness (QED) is 0.483. The predicted molar refractivity (Wildman–Crippen MR) is 28.3 cm³/mol. The Morgan fingerprint density at radius 2 is 1.90 bits per heavy atom. The molecule has 0 atom stereocenters. The van der Waals surface area contributed by atoms with Crippen LogP contribution in [0.4, 0.5) is 0 Å². The first-order valence-corrected chi connectivity index (χ1v) is 1.85. The van der Waals surface area contributed by atoms with Crippen LogP contribution in [0.1, 0.15) is 5.82 Å². The first kappa shape index (κ1) is 22.4. The van der Waals surface area contributed by atoms with Crippen LogP contribution in [0.5, 0.6) is 0 Å². The number of nitrogens with zero attached hydrogens (tertiary/aromatic N) is 1. The Kier molecular flexibility index (Phi) is 27.2. The normalized spacial score (nSPS) is 5.30. The summed E-state index contributed by atoms with van der Waals surface area (Å²) in [4.78, 5) is 6.75. The van der Waals surface area contributed by atoms with Crippen molar-refractivity contribution in [1.29, 1.82) is 0 Å². The minimum atomic E-state index is 0. The standard InChI is InChI=1S/C4H6N2.2ClH.H3N.Pt/c1-4-5-2-3-6-4;;;;/h2-3H,1H3,(H,5,6);2*1H;1H3;/q;;;;+2/p-2. The van der Waals surface area contributed by atoms with Crippen LogP contribution in [0.15, 0.2) is 12.4 Å². The van der Waals surface area contributed by atoms with E-state index in [0.717, 1.165) is 5.82 Å². The van der Waals surface area contributed by atoms with Crippen molar-refractivity contribution in [3.05, 3.63) is 18.2 Å². The van der Waals surface area contributed by atoms with Gasteiger partial charge in [-0.05, 0) is 6.92 Å². The first-order valence-electron chi connectivity index (χ1n) is 1.85. The third kappa shape index (κ3) is 8.44. The summed E-state index contributed by atoms with van der Waals surface area (Å²) in [7, 11) is 0. The molecule has 0 fully saturated rings. The third-order valence-corrected chi connectivity index (χ3v) is 0.635. The second kappa shape index (κ2) is 12.1. The van der Waals surface area contributed by atoms with E-state index in [-0.39, 0.29) is 52.0 Å². The molecule has 3 nitrogen and oxygen atoms in total. The van der Waals surface area contributed by atoms with Crippen LogP contribution in [0.25, 0.3) is 0 Å². The summed E-state index contributed by atoms with van der Waals surface area (Å²) in [5, 5.41) is 0. The van der Waals surface area contributed by atoms with E-state index >= 15 is 0 Å². The van der Waals surface area contributed by atoms with Gasteiger partial charge in [-0.2, -0.15) is 0 Å². The largest absolute Gasteiger partial charge is 2.00 e. The third-order valence-electron chi connectivity index (χ3n) is 0.635.